The highest BCUT2D eigenvalue weighted by Crippen LogP contribution is 2.30. The number of carbonyl (C=O) groups excluding carboxylic acids is 1. The van der Waals surface area contributed by atoms with Crippen molar-refractivity contribution in [2.75, 3.05) is 5.32 Å². The van der Waals surface area contributed by atoms with Crippen molar-refractivity contribution < 1.29 is 4.79 Å². The molecule has 1 aromatic heterocycles. The lowest BCUT2D eigenvalue weighted by Gasteiger charge is -2.31. The van der Waals surface area contributed by atoms with Crippen molar-refractivity contribution in [1.29, 1.82) is 0 Å². The first-order valence-electron chi connectivity index (χ1n) is 9.33. The van der Waals surface area contributed by atoms with Crippen molar-refractivity contribution in [3.63, 3.8) is 0 Å². The molecule has 1 heterocycles. The molecule has 0 bridgehead atoms. The molecule has 2 aromatic rings. The molecular weight excluding hydrogens is 350 g/mol. The number of H-pyrrole nitrogens is 1. The van der Waals surface area contributed by atoms with E-state index in [0.717, 1.165) is 18.2 Å². The van der Waals surface area contributed by atoms with Gasteiger partial charge in [0.25, 0.3) is 5.56 Å². The first-order valence-corrected chi connectivity index (χ1v) is 9.71. The molecule has 1 atom stereocenters. The maximum Gasteiger partial charge on any atom is 0.255 e. The van der Waals surface area contributed by atoms with Crippen LogP contribution in [0.15, 0.2) is 29.2 Å². The van der Waals surface area contributed by atoms with Gasteiger partial charge < -0.3 is 15.6 Å². The predicted octanol–water partition coefficient (Wildman–Crippen LogP) is 4.07. The smallest absolute Gasteiger partial charge is 0.255 e. The number of benzene rings is 1. The Kier molecular flexibility index (Phi) is 5.99. The Labute approximate surface area is 158 Å². The number of aromatic amines is 1. The second kappa shape index (κ2) is 8.23. The number of aromatic nitrogens is 1. The number of amides is 1. The largest absolute Gasteiger partial charge is 0.329 e. The van der Waals surface area contributed by atoms with Gasteiger partial charge in [-0.2, -0.15) is 0 Å². The standard InChI is InChI=1S/C20H26ClN3O2/c1-12(2)23-18(13-6-4-3-5-7-13)20(26)24-17-10-14-8-9-22-19(25)15(14)11-16(17)21/h8-13,18,23H,3-7H2,1-2H3,(H,22,25)(H,24,26)/t18-/m0/s1. The quantitative estimate of drug-likeness (QED) is 0.737. The Bertz CT molecular complexity index is 841. The fourth-order valence-electron chi connectivity index (χ4n) is 3.77. The lowest BCUT2D eigenvalue weighted by Crippen LogP contribution is -2.49. The summed E-state index contributed by atoms with van der Waals surface area (Å²) in [4.78, 5) is 27.5. The zero-order valence-corrected chi connectivity index (χ0v) is 16.0. The van der Waals surface area contributed by atoms with Gasteiger partial charge in [-0.25, -0.2) is 0 Å². The molecule has 0 radical (unpaired) electrons. The second-order valence-electron chi connectivity index (χ2n) is 7.41. The van der Waals surface area contributed by atoms with Gasteiger partial charge in [-0.15, -0.1) is 0 Å². The fourth-order valence-corrected chi connectivity index (χ4v) is 3.98. The van der Waals surface area contributed by atoms with Crippen LogP contribution in [-0.4, -0.2) is 23.0 Å². The third kappa shape index (κ3) is 4.27. The number of hydrogen-bond acceptors (Lipinski definition) is 3. The molecular formula is C20H26ClN3O2. The summed E-state index contributed by atoms with van der Waals surface area (Å²) in [5.41, 5.74) is 0.352. The molecule has 0 aliphatic heterocycles. The SMILES string of the molecule is CC(C)N[C@H](C(=O)Nc1cc2cc[nH]c(=O)c2cc1Cl)C1CCCCC1. The topological polar surface area (TPSA) is 74.0 Å². The van der Waals surface area contributed by atoms with Gasteiger partial charge in [0, 0.05) is 17.6 Å². The van der Waals surface area contributed by atoms with Crippen molar-refractivity contribution >= 4 is 34.0 Å². The van der Waals surface area contributed by atoms with Crippen LogP contribution in [0.2, 0.25) is 5.02 Å². The number of fused-ring (bicyclic) bond motifs is 1. The Morgan fingerprint density at radius 2 is 1.96 bits per heavy atom. The van der Waals surface area contributed by atoms with Gasteiger partial charge in [0.05, 0.1) is 16.8 Å². The molecule has 0 unspecified atom stereocenters. The summed E-state index contributed by atoms with van der Waals surface area (Å²) >= 11 is 6.33. The summed E-state index contributed by atoms with van der Waals surface area (Å²) < 4.78 is 0. The van der Waals surface area contributed by atoms with Crippen molar-refractivity contribution in [3.05, 3.63) is 39.8 Å². The lowest BCUT2D eigenvalue weighted by atomic mass is 9.83. The number of anilines is 1. The van der Waals surface area contributed by atoms with Crippen LogP contribution >= 0.6 is 11.6 Å². The second-order valence-corrected chi connectivity index (χ2v) is 7.82. The third-order valence-electron chi connectivity index (χ3n) is 5.04. The molecule has 1 fully saturated rings. The minimum absolute atomic E-state index is 0.0586. The first-order chi connectivity index (χ1) is 12.5. The summed E-state index contributed by atoms with van der Waals surface area (Å²) in [5, 5.41) is 8.04. The van der Waals surface area contributed by atoms with Crippen molar-refractivity contribution in [2.24, 2.45) is 5.92 Å². The van der Waals surface area contributed by atoms with E-state index >= 15 is 0 Å². The number of pyridine rings is 1. The average Bonchev–Trinajstić information content (AvgIpc) is 2.62. The van der Waals surface area contributed by atoms with Gasteiger partial charge in [-0.3, -0.25) is 9.59 Å². The normalized spacial score (nSPS) is 16.8. The minimum Gasteiger partial charge on any atom is -0.329 e. The highest BCUT2D eigenvalue weighted by molar-refractivity contribution is 6.34. The van der Waals surface area contributed by atoms with Crippen molar-refractivity contribution in [2.45, 2.75) is 58.0 Å². The molecule has 1 aliphatic rings. The summed E-state index contributed by atoms with van der Waals surface area (Å²) in [6, 6.07) is 5.15. The van der Waals surface area contributed by atoms with E-state index in [4.69, 9.17) is 11.6 Å². The monoisotopic (exact) mass is 375 g/mol. The molecule has 5 nitrogen and oxygen atoms in total. The number of carbonyl (C=O) groups is 1. The molecule has 140 valence electrons. The van der Waals surface area contributed by atoms with Crippen LogP contribution in [0.1, 0.15) is 46.0 Å². The molecule has 1 aromatic carbocycles. The van der Waals surface area contributed by atoms with Crippen LogP contribution < -0.4 is 16.2 Å². The number of halogens is 1. The van der Waals surface area contributed by atoms with E-state index in [-0.39, 0.29) is 23.6 Å². The van der Waals surface area contributed by atoms with Gasteiger partial charge in [0.15, 0.2) is 0 Å². The molecule has 6 heteroatoms. The maximum atomic E-state index is 13.0. The Morgan fingerprint density at radius 3 is 2.65 bits per heavy atom. The predicted molar refractivity (Wildman–Crippen MR) is 107 cm³/mol. The molecule has 1 saturated carbocycles. The zero-order chi connectivity index (χ0) is 18.7. The van der Waals surface area contributed by atoms with E-state index < -0.39 is 0 Å². The zero-order valence-electron chi connectivity index (χ0n) is 15.3. The van der Waals surface area contributed by atoms with Crippen molar-refractivity contribution in [3.8, 4) is 0 Å². The summed E-state index contributed by atoms with van der Waals surface area (Å²) in [7, 11) is 0. The Balaban J connectivity index is 1.85. The van der Waals surface area contributed by atoms with Gasteiger partial charge in [-0.1, -0.05) is 44.7 Å². The lowest BCUT2D eigenvalue weighted by molar-refractivity contribution is -0.119. The van der Waals surface area contributed by atoms with E-state index in [1.54, 1.807) is 24.4 Å². The van der Waals surface area contributed by atoms with Gasteiger partial charge in [-0.05, 0) is 42.3 Å². The van der Waals surface area contributed by atoms with Gasteiger partial charge in [0.1, 0.15) is 0 Å². The van der Waals surface area contributed by atoms with Crippen LogP contribution in [-0.2, 0) is 4.79 Å². The van der Waals surface area contributed by atoms with E-state index in [1.807, 2.05) is 0 Å². The van der Waals surface area contributed by atoms with E-state index in [0.29, 0.717) is 22.0 Å². The third-order valence-corrected chi connectivity index (χ3v) is 5.35. The Hall–Kier alpha value is -1.85. The molecule has 1 amide bonds. The maximum absolute atomic E-state index is 13.0. The highest BCUT2D eigenvalue weighted by Gasteiger charge is 2.30. The Morgan fingerprint density at radius 1 is 1.23 bits per heavy atom. The number of rotatable bonds is 5. The molecule has 0 spiro atoms. The summed E-state index contributed by atoms with van der Waals surface area (Å²) in [5.74, 6) is 0.282. The summed E-state index contributed by atoms with van der Waals surface area (Å²) in [6.45, 7) is 4.11. The summed E-state index contributed by atoms with van der Waals surface area (Å²) in [6.07, 6.45) is 7.33. The molecule has 26 heavy (non-hydrogen) atoms. The van der Waals surface area contributed by atoms with Gasteiger partial charge in [0.2, 0.25) is 5.91 Å². The van der Waals surface area contributed by atoms with E-state index in [9.17, 15) is 9.59 Å². The van der Waals surface area contributed by atoms with Crippen LogP contribution in [0.25, 0.3) is 10.8 Å². The van der Waals surface area contributed by atoms with Gasteiger partial charge >= 0.3 is 0 Å². The fraction of sp³-hybridized carbons (Fsp3) is 0.500. The minimum atomic E-state index is -0.235. The first kappa shape index (κ1) is 18.9. The number of hydrogen-bond donors (Lipinski definition) is 3. The highest BCUT2D eigenvalue weighted by atomic mass is 35.5. The van der Waals surface area contributed by atoms with E-state index in [1.165, 1.54) is 19.3 Å². The van der Waals surface area contributed by atoms with E-state index in [2.05, 4.69) is 29.5 Å². The van der Waals surface area contributed by atoms with Crippen molar-refractivity contribution in [1.82, 2.24) is 10.3 Å². The number of nitrogens with one attached hydrogen (secondary N) is 3. The molecule has 1 aliphatic carbocycles. The average molecular weight is 376 g/mol. The molecule has 3 rings (SSSR count). The van der Waals surface area contributed by atoms with Crippen LogP contribution in [0, 0.1) is 5.92 Å². The molecule has 3 N–H and O–H groups in total. The molecule has 0 saturated heterocycles. The van der Waals surface area contributed by atoms with Crippen LogP contribution in [0.5, 0.6) is 0 Å². The van der Waals surface area contributed by atoms with Crippen LogP contribution in [0.3, 0.4) is 0 Å². The van der Waals surface area contributed by atoms with Crippen LogP contribution in [0.4, 0.5) is 5.69 Å².